The summed E-state index contributed by atoms with van der Waals surface area (Å²) in [6, 6.07) is 0. The Hall–Kier alpha value is -1.85. The van der Waals surface area contributed by atoms with Crippen molar-refractivity contribution in [1.29, 1.82) is 0 Å². The smallest absolute Gasteiger partial charge is 0.335 e. The van der Waals surface area contributed by atoms with E-state index in [2.05, 4.69) is 54.5 Å². The third-order valence-electron chi connectivity index (χ3n) is 15.4. The van der Waals surface area contributed by atoms with Gasteiger partial charge < -0.3 is 39.8 Å². The highest BCUT2D eigenvalue weighted by molar-refractivity contribution is 5.81. The molecule has 10 nitrogen and oxygen atoms in total. The van der Waals surface area contributed by atoms with Gasteiger partial charge in [0.2, 0.25) is 0 Å². The second-order valence-electron chi connectivity index (χ2n) is 18.2. The molecule has 0 radical (unpaired) electrons. The van der Waals surface area contributed by atoms with Crippen LogP contribution in [0.3, 0.4) is 0 Å². The van der Waals surface area contributed by atoms with E-state index in [-0.39, 0.29) is 45.0 Å². The quantitative estimate of drug-likeness (QED) is 0.160. The highest BCUT2D eigenvalue weighted by atomic mass is 16.7. The molecule has 1 heterocycles. The Morgan fingerprint density at radius 1 is 0.872 bits per heavy atom. The van der Waals surface area contributed by atoms with Crippen LogP contribution in [-0.4, -0.2) is 80.6 Å². The summed E-state index contributed by atoms with van der Waals surface area (Å²) < 4.78 is 11.9. The molecule has 10 heteroatoms. The van der Waals surface area contributed by atoms with Crippen LogP contribution in [0.2, 0.25) is 0 Å². The fourth-order valence-electron chi connectivity index (χ4n) is 12.7. The molecular formula is C37H56O10. The number of aliphatic carboxylic acids is 2. The summed E-state index contributed by atoms with van der Waals surface area (Å²) in [4.78, 5) is 37.3. The Bertz CT molecular complexity index is 1340. The normalized spacial score (nSPS) is 51.7. The van der Waals surface area contributed by atoms with Crippen molar-refractivity contribution in [3.05, 3.63) is 11.6 Å². The molecule has 0 aromatic heterocycles. The molecule has 47 heavy (non-hydrogen) atoms. The lowest BCUT2D eigenvalue weighted by molar-refractivity contribution is -0.324. The van der Waals surface area contributed by atoms with Crippen molar-refractivity contribution in [2.45, 2.75) is 143 Å². The van der Waals surface area contributed by atoms with Gasteiger partial charge in [-0.2, -0.15) is 0 Å². The summed E-state index contributed by atoms with van der Waals surface area (Å²) in [6.07, 6.45) is 1.64. The molecular weight excluding hydrogens is 604 g/mol. The lowest BCUT2D eigenvalue weighted by atomic mass is 9.33. The molecule has 0 aromatic rings. The molecule has 6 rings (SSSR count). The van der Waals surface area contributed by atoms with E-state index in [0.717, 1.165) is 44.8 Å². The molecule has 4 saturated carbocycles. The fourth-order valence-corrected chi connectivity index (χ4v) is 12.7. The predicted molar refractivity (Wildman–Crippen MR) is 171 cm³/mol. The number of carbonyl (C=O) groups excluding carboxylic acids is 1. The molecule has 6 aliphatic rings. The minimum absolute atomic E-state index is 0.0642. The maximum Gasteiger partial charge on any atom is 0.335 e. The van der Waals surface area contributed by atoms with Gasteiger partial charge in [-0.05, 0) is 103 Å². The van der Waals surface area contributed by atoms with Gasteiger partial charge >= 0.3 is 11.9 Å². The van der Waals surface area contributed by atoms with Crippen molar-refractivity contribution < 1.29 is 49.4 Å². The van der Waals surface area contributed by atoms with Crippen LogP contribution in [0.25, 0.3) is 0 Å². The molecule has 0 aromatic carbocycles. The molecule has 0 amide bonds. The van der Waals surface area contributed by atoms with Crippen molar-refractivity contribution in [2.24, 2.45) is 56.2 Å². The number of rotatable bonds is 5. The number of aldehydes is 1. The van der Waals surface area contributed by atoms with E-state index in [1.165, 1.54) is 5.57 Å². The molecule has 1 aliphatic heterocycles. The Morgan fingerprint density at radius 2 is 1.55 bits per heavy atom. The van der Waals surface area contributed by atoms with Crippen LogP contribution >= 0.6 is 0 Å². The number of carboxylic acid groups (broad SMARTS) is 2. The lowest BCUT2D eigenvalue weighted by Gasteiger charge is -2.71. The van der Waals surface area contributed by atoms with E-state index < -0.39 is 54.0 Å². The summed E-state index contributed by atoms with van der Waals surface area (Å²) in [5.41, 5.74) is -0.643. The first kappa shape index (κ1) is 35.0. The van der Waals surface area contributed by atoms with Crippen molar-refractivity contribution in [2.75, 3.05) is 0 Å². The molecule has 0 spiro atoms. The second-order valence-corrected chi connectivity index (χ2v) is 18.2. The van der Waals surface area contributed by atoms with Gasteiger partial charge in [0, 0.05) is 5.92 Å². The third-order valence-corrected chi connectivity index (χ3v) is 15.4. The van der Waals surface area contributed by atoms with E-state index in [1.54, 1.807) is 0 Å². The zero-order valence-electron chi connectivity index (χ0n) is 29.1. The Labute approximate surface area is 278 Å². The number of fused-ring (bicyclic) bond motifs is 7. The number of aliphatic hydroxyl groups is 3. The number of carboxylic acids is 2. The Balaban J connectivity index is 1.31. The molecule has 14 atom stereocenters. The van der Waals surface area contributed by atoms with Crippen LogP contribution in [0.1, 0.15) is 106 Å². The van der Waals surface area contributed by atoms with Gasteiger partial charge in [0.05, 0.1) is 11.5 Å². The van der Waals surface area contributed by atoms with E-state index in [4.69, 9.17) is 9.47 Å². The Morgan fingerprint density at radius 3 is 2.17 bits per heavy atom. The predicted octanol–water partition coefficient (Wildman–Crippen LogP) is 4.58. The van der Waals surface area contributed by atoms with Crippen molar-refractivity contribution in [1.82, 2.24) is 0 Å². The first-order valence-corrected chi connectivity index (χ1v) is 17.7. The number of hydrogen-bond donors (Lipinski definition) is 5. The molecule has 0 bridgehead atoms. The standard InChI is InChI=1S/C37H56O10/c1-32(2)16-19(18-38)37(31(44)45)15-14-35(6)20(21(37)17-32)8-9-23-34(5)12-11-24(33(3,4)22(34)10-13-36(23,35)7)46-30-27(41)25(39)26(40)28(47-30)29(42)43/h8,18-19,21-28,30,39-41H,9-17H2,1-7H3,(H,42,43)(H,44,45). The zero-order chi connectivity index (χ0) is 34.7. The fraction of sp³-hybridized carbons (Fsp3) is 0.865. The van der Waals surface area contributed by atoms with E-state index in [9.17, 15) is 39.9 Å². The van der Waals surface area contributed by atoms with E-state index in [0.29, 0.717) is 25.2 Å². The molecule has 5 N–H and O–H groups in total. The van der Waals surface area contributed by atoms with Gasteiger partial charge in [-0.1, -0.05) is 60.1 Å². The van der Waals surface area contributed by atoms with Crippen LogP contribution in [0.15, 0.2) is 11.6 Å². The lowest BCUT2D eigenvalue weighted by Crippen LogP contribution is -2.66. The highest BCUT2D eigenvalue weighted by Crippen LogP contribution is 2.76. The first-order valence-electron chi connectivity index (χ1n) is 17.7. The number of carbonyl (C=O) groups is 3. The molecule has 264 valence electrons. The number of ether oxygens (including phenoxy) is 2. The van der Waals surface area contributed by atoms with Crippen molar-refractivity contribution in [3.8, 4) is 0 Å². The summed E-state index contributed by atoms with van der Waals surface area (Å²) in [5.74, 6) is -2.36. The van der Waals surface area contributed by atoms with E-state index in [1.807, 2.05) is 0 Å². The second kappa shape index (κ2) is 11.1. The number of hydrogen-bond acceptors (Lipinski definition) is 8. The maximum atomic E-state index is 13.1. The third kappa shape index (κ3) is 4.70. The van der Waals surface area contributed by atoms with Gasteiger partial charge in [0.1, 0.15) is 24.6 Å². The average molecular weight is 661 g/mol. The topological polar surface area (TPSA) is 171 Å². The Kier molecular flexibility index (Phi) is 8.25. The van der Waals surface area contributed by atoms with Gasteiger partial charge in [-0.25, -0.2) is 4.79 Å². The van der Waals surface area contributed by atoms with Gasteiger partial charge in [-0.3, -0.25) is 4.79 Å². The largest absolute Gasteiger partial charge is 0.481 e. The molecule has 1 saturated heterocycles. The van der Waals surface area contributed by atoms with E-state index >= 15 is 0 Å². The number of aliphatic hydroxyl groups excluding tert-OH is 3. The first-order chi connectivity index (χ1) is 21.7. The van der Waals surface area contributed by atoms with Crippen LogP contribution in [0.5, 0.6) is 0 Å². The van der Waals surface area contributed by atoms with Gasteiger partial charge in [0.15, 0.2) is 12.4 Å². The summed E-state index contributed by atoms with van der Waals surface area (Å²) >= 11 is 0. The minimum atomic E-state index is -1.77. The SMILES string of the molecule is CC1(C)CC(C=O)C2(C(=O)O)CCC3(C)C(=CCC4C5(C)CCC(OC6OC(C(=O)O)C(O)C(O)C6O)C(C)(C)C5CCC43C)C2C1. The summed E-state index contributed by atoms with van der Waals surface area (Å²) in [7, 11) is 0. The zero-order valence-corrected chi connectivity index (χ0v) is 29.1. The van der Waals surface area contributed by atoms with Crippen LogP contribution in [0, 0.1) is 56.2 Å². The molecule has 5 aliphatic carbocycles. The molecule has 14 unspecified atom stereocenters. The van der Waals surface area contributed by atoms with Crippen molar-refractivity contribution >= 4 is 18.2 Å². The van der Waals surface area contributed by atoms with Crippen LogP contribution < -0.4 is 0 Å². The van der Waals surface area contributed by atoms with Crippen LogP contribution in [-0.2, 0) is 23.9 Å². The monoisotopic (exact) mass is 660 g/mol. The molecule has 5 fully saturated rings. The van der Waals surface area contributed by atoms with Crippen LogP contribution in [0.4, 0.5) is 0 Å². The van der Waals surface area contributed by atoms with Crippen molar-refractivity contribution in [3.63, 3.8) is 0 Å². The summed E-state index contributed by atoms with van der Waals surface area (Å²) in [5, 5.41) is 51.6. The highest BCUT2D eigenvalue weighted by Gasteiger charge is 2.71. The van der Waals surface area contributed by atoms with Gasteiger partial charge in [-0.15, -0.1) is 0 Å². The van der Waals surface area contributed by atoms with Gasteiger partial charge in [0.25, 0.3) is 0 Å². The summed E-state index contributed by atoms with van der Waals surface area (Å²) in [6.45, 7) is 15.9. The number of allylic oxidation sites excluding steroid dienone is 2. The maximum absolute atomic E-state index is 13.1. The average Bonchev–Trinajstić information content (AvgIpc) is 2.97. The minimum Gasteiger partial charge on any atom is -0.481 e.